The van der Waals surface area contributed by atoms with Crippen LogP contribution >= 0.6 is 11.6 Å². The second-order valence-corrected chi connectivity index (χ2v) is 10.4. The van der Waals surface area contributed by atoms with Crippen molar-refractivity contribution in [1.29, 1.82) is 0 Å². The molecule has 0 aromatic heterocycles. The molecule has 2 saturated heterocycles. The van der Waals surface area contributed by atoms with Crippen LogP contribution in [0.15, 0.2) is 60.7 Å². The molecular formula is C30H39ClN2O6. The Balaban J connectivity index is 0.000000225. The summed E-state index contributed by atoms with van der Waals surface area (Å²) in [6.07, 6.45) is 3.45. The molecule has 9 heteroatoms. The van der Waals surface area contributed by atoms with Gasteiger partial charge in [-0.2, -0.15) is 0 Å². The molecule has 2 aliphatic rings. The Morgan fingerprint density at radius 1 is 0.821 bits per heavy atom. The van der Waals surface area contributed by atoms with E-state index in [1.54, 1.807) is 29.2 Å². The minimum absolute atomic E-state index is 0.0126. The van der Waals surface area contributed by atoms with Gasteiger partial charge in [0.1, 0.15) is 12.1 Å². The molecule has 2 fully saturated rings. The lowest BCUT2D eigenvalue weighted by Gasteiger charge is -2.35. The maximum Gasteiger partial charge on any atom is 0.320 e. The van der Waals surface area contributed by atoms with Gasteiger partial charge >= 0.3 is 11.9 Å². The maximum absolute atomic E-state index is 12.1. The van der Waals surface area contributed by atoms with Crippen LogP contribution in [-0.2, 0) is 9.59 Å². The van der Waals surface area contributed by atoms with E-state index in [1.165, 1.54) is 0 Å². The number of nitrogens with zero attached hydrogens (tertiary/aromatic N) is 1. The summed E-state index contributed by atoms with van der Waals surface area (Å²) < 4.78 is 0. The van der Waals surface area contributed by atoms with Crippen molar-refractivity contribution in [2.75, 3.05) is 25.5 Å². The Kier molecular flexibility index (Phi) is 13.8. The molecule has 2 aromatic rings. The molecule has 0 bridgehead atoms. The zero-order valence-electron chi connectivity index (χ0n) is 22.6. The molecule has 39 heavy (non-hydrogen) atoms. The van der Waals surface area contributed by atoms with Crippen molar-refractivity contribution >= 4 is 35.1 Å². The summed E-state index contributed by atoms with van der Waals surface area (Å²) in [5.41, 5.74) is 1.32. The van der Waals surface area contributed by atoms with E-state index in [9.17, 15) is 24.3 Å². The number of aliphatic carboxylic acids is 2. The van der Waals surface area contributed by atoms with Crippen LogP contribution in [0.5, 0.6) is 0 Å². The maximum atomic E-state index is 12.1. The molecule has 4 rings (SSSR count). The van der Waals surface area contributed by atoms with Gasteiger partial charge < -0.3 is 15.5 Å². The molecule has 212 valence electrons. The second kappa shape index (κ2) is 16.8. The van der Waals surface area contributed by atoms with Crippen LogP contribution in [0.4, 0.5) is 0 Å². The number of rotatable bonds is 7. The first kappa shape index (κ1) is 32.1. The van der Waals surface area contributed by atoms with Crippen LogP contribution in [0.25, 0.3) is 0 Å². The SMILES string of the molecule is C[C@@H]1CCN(CC(=O)c2ccccc2)[C@H](C(=O)O)C1.C[C@@H]1CCN[C@H](C(=O)O)C1.O=C(CCl)c1ccccc1. The Labute approximate surface area is 235 Å². The number of piperidine rings is 2. The molecule has 2 aromatic carbocycles. The number of carbonyl (C=O) groups is 4. The van der Waals surface area contributed by atoms with Crippen molar-refractivity contribution in [3.8, 4) is 0 Å². The lowest BCUT2D eigenvalue weighted by atomic mass is 9.92. The third kappa shape index (κ3) is 11.3. The lowest BCUT2D eigenvalue weighted by Crippen LogP contribution is -2.48. The summed E-state index contributed by atoms with van der Waals surface area (Å²) in [4.78, 5) is 46.5. The van der Waals surface area contributed by atoms with Gasteiger partial charge in [0.25, 0.3) is 0 Å². The van der Waals surface area contributed by atoms with Crippen molar-refractivity contribution in [2.24, 2.45) is 11.8 Å². The van der Waals surface area contributed by atoms with Gasteiger partial charge in [-0.3, -0.25) is 24.1 Å². The summed E-state index contributed by atoms with van der Waals surface area (Å²) in [6.45, 7) is 5.87. The quantitative estimate of drug-likeness (QED) is 0.332. The molecular weight excluding hydrogens is 520 g/mol. The summed E-state index contributed by atoms with van der Waals surface area (Å²) in [5.74, 6) is -0.557. The van der Waals surface area contributed by atoms with Crippen LogP contribution < -0.4 is 5.32 Å². The van der Waals surface area contributed by atoms with Crippen LogP contribution in [0.2, 0.25) is 0 Å². The molecule has 0 spiro atoms. The lowest BCUT2D eigenvalue weighted by molar-refractivity contribution is -0.145. The van der Waals surface area contributed by atoms with Gasteiger partial charge in [-0.05, 0) is 50.6 Å². The van der Waals surface area contributed by atoms with E-state index in [0.29, 0.717) is 35.9 Å². The molecule has 0 amide bonds. The zero-order valence-corrected chi connectivity index (χ0v) is 23.3. The van der Waals surface area contributed by atoms with Crippen LogP contribution in [0.3, 0.4) is 0 Å². The average molecular weight is 559 g/mol. The Hall–Kier alpha value is -3.07. The number of hydrogen-bond donors (Lipinski definition) is 3. The molecule has 8 nitrogen and oxygen atoms in total. The van der Waals surface area contributed by atoms with Gasteiger partial charge in [-0.15, -0.1) is 11.6 Å². The predicted octanol–water partition coefficient (Wildman–Crippen LogP) is 4.62. The number of carbonyl (C=O) groups excluding carboxylic acids is 2. The molecule has 0 radical (unpaired) electrons. The van der Waals surface area contributed by atoms with E-state index in [1.807, 2.05) is 36.4 Å². The van der Waals surface area contributed by atoms with E-state index in [4.69, 9.17) is 16.7 Å². The molecule has 2 heterocycles. The first-order chi connectivity index (χ1) is 18.6. The number of hydrogen-bond acceptors (Lipinski definition) is 6. The minimum atomic E-state index is -0.826. The third-order valence-electron chi connectivity index (χ3n) is 6.88. The second-order valence-electron chi connectivity index (χ2n) is 10.1. The van der Waals surface area contributed by atoms with Gasteiger partial charge in [0.15, 0.2) is 11.6 Å². The topological polar surface area (TPSA) is 124 Å². The number of Topliss-reactive ketones (excluding diaryl/α,β-unsaturated/α-hetero) is 2. The normalized spacial score (nSPS) is 22.7. The fourth-order valence-electron chi connectivity index (χ4n) is 4.53. The van der Waals surface area contributed by atoms with Gasteiger partial charge in [0.05, 0.1) is 12.4 Å². The molecule has 0 unspecified atom stereocenters. The van der Waals surface area contributed by atoms with Gasteiger partial charge in [0, 0.05) is 11.1 Å². The monoisotopic (exact) mass is 558 g/mol. The van der Waals surface area contributed by atoms with E-state index in [2.05, 4.69) is 19.2 Å². The average Bonchev–Trinajstić information content (AvgIpc) is 2.95. The molecule has 3 N–H and O–H groups in total. The van der Waals surface area contributed by atoms with Crippen molar-refractivity contribution in [3.63, 3.8) is 0 Å². The van der Waals surface area contributed by atoms with E-state index < -0.39 is 18.0 Å². The van der Waals surface area contributed by atoms with Crippen molar-refractivity contribution in [1.82, 2.24) is 10.2 Å². The first-order valence-corrected chi connectivity index (χ1v) is 13.8. The van der Waals surface area contributed by atoms with Gasteiger partial charge in [-0.25, -0.2) is 0 Å². The number of ketones is 2. The van der Waals surface area contributed by atoms with Crippen LogP contribution in [-0.4, -0.2) is 76.2 Å². The summed E-state index contributed by atoms with van der Waals surface area (Å²) in [5, 5.41) is 20.8. The molecule has 4 atom stereocenters. The third-order valence-corrected chi connectivity index (χ3v) is 7.13. The van der Waals surface area contributed by atoms with Gasteiger partial charge in [-0.1, -0.05) is 74.5 Å². The summed E-state index contributed by atoms with van der Waals surface area (Å²) >= 11 is 5.34. The summed E-state index contributed by atoms with van der Waals surface area (Å²) in [6, 6.07) is 17.2. The Morgan fingerprint density at radius 2 is 1.36 bits per heavy atom. The van der Waals surface area contributed by atoms with Crippen molar-refractivity contribution in [2.45, 2.75) is 51.6 Å². The fraction of sp³-hybridized carbons (Fsp3) is 0.467. The van der Waals surface area contributed by atoms with E-state index >= 15 is 0 Å². The number of carboxylic acids is 2. The highest BCUT2D eigenvalue weighted by molar-refractivity contribution is 6.30. The Bertz CT molecular complexity index is 1070. The van der Waals surface area contributed by atoms with E-state index in [-0.39, 0.29) is 30.0 Å². The summed E-state index contributed by atoms with van der Waals surface area (Å²) in [7, 11) is 0. The van der Waals surface area contributed by atoms with Crippen LogP contribution in [0.1, 0.15) is 60.2 Å². The van der Waals surface area contributed by atoms with Crippen molar-refractivity contribution < 1.29 is 29.4 Å². The number of nitrogens with one attached hydrogen (secondary N) is 1. The van der Waals surface area contributed by atoms with Crippen LogP contribution in [0, 0.1) is 11.8 Å². The van der Waals surface area contributed by atoms with Gasteiger partial charge in [0.2, 0.25) is 0 Å². The molecule has 0 saturated carbocycles. The number of halogens is 1. The zero-order chi connectivity index (χ0) is 28.8. The highest BCUT2D eigenvalue weighted by atomic mass is 35.5. The highest BCUT2D eigenvalue weighted by Gasteiger charge is 2.32. The standard InChI is InChI=1S/C15H19NO3.C8H7ClO.C7H13NO2/c1-11-7-8-16(13(9-11)15(18)19)10-14(17)12-5-3-2-4-6-12;9-6-8(10)7-4-2-1-3-5-7;1-5-2-3-8-6(4-5)7(9)10/h2-6,11,13H,7-10H2,1H3,(H,18,19);1-5H,6H2;5-6,8H,2-4H2,1H3,(H,9,10)/t11-,13+;;5-,6+/m1.1/s1. The Morgan fingerprint density at radius 3 is 1.82 bits per heavy atom. The first-order valence-electron chi connectivity index (χ1n) is 13.3. The largest absolute Gasteiger partial charge is 0.480 e. The number of likely N-dealkylation sites (tertiary alicyclic amines) is 1. The van der Waals surface area contributed by atoms with Crippen molar-refractivity contribution in [3.05, 3.63) is 71.8 Å². The smallest absolute Gasteiger partial charge is 0.320 e. The number of carboxylic acid groups (broad SMARTS) is 2. The number of alkyl halides is 1. The highest BCUT2D eigenvalue weighted by Crippen LogP contribution is 2.23. The minimum Gasteiger partial charge on any atom is -0.480 e. The fourth-order valence-corrected chi connectivity index (χ4v) is 4.69. The molecule has 2 aliphatic heterocycles. The molecule has 0 aliphatic carbocycles. The number of benzene rings is 2. The van der Waals surface area contributed by atoms with E-state index in [0.717, 1.165) is 25.8 Å². The predicted molar refractivity (Wildman–Crippen MR) is 151 cm³/mol.